The molecule has 0 bridgehead atoms. The van der Waals surface area contributed by atoms with Crippen molar-refractivity contribution in [3.63, 3.8) is 0 Å². The first-order valence-electron chi connectivity index (χ1n) is 10.8. The van der Waals surface area contributed by atoms with E-state index in [9.17, 15) is 9.59 Å². The quantitative estimate of drug-likeness (QED) is 0.590. The van der Waals surface area contributed by atoms with Crippen molar-refractivity contribution < 1.29 is 9.59 Å². The van der Waals surface area contributed by atoms with Crippen LogP contribution in [0.5, 0.6) is 0 Å². The SMILES string of the molecule is CCC(=O)N(CC(=O)Nc1nc(-c2ccccc2)cn1-c1cccc(C)c1)CC1CC1. The highest BCUT2D eigenvalue weighted by atomic mass is 16.2. The van der Waals surface area contributed by atoms with Gasteiger partial charge in [0.2, 0.25) is 17.8 Å². The molecular weight excluding hydrogens is 388 g/mol. The molecule has 0 aliphatic heterocycles. The van der Waals surface area contributed by atoms with Crippen LogP contribution in [0.4, 0.5) is 5.95 Å². The van der Waals surface area contributed by atoms with E-state index >= 15 is 0 Å². The van der Waals surface area contributed by atoms with Gasteiger partial charge >= 0.3 is 0 Å². The Bertz CT molecular complexity index is 1070. The van der Waals surface area contributed by atoms with Crippen molar-refractivity contribution in [1.82, 2.24) is 14.5 Å². The molecule has 0 spiro atoms. The normalized spacial score (nSPS) is 13.1. The zero-order valence-corrected chi connectivity index (χ0v) is 18.0. The molecule has 1 saturated carbocycles. The fourth-order valence-corrected chi connectivity index (χ4v) is 3.62. The van der Waals surface area contributed by atoms with Gasteiger partial charge < -0.3 is 4.90 Å². The van der Waals surface area contributed by atoms with Gasteiger partial charge in [-0.1, -0.05) is 49.4 Å². The van der Waals surface area contributed by atoms with Crippen LogP contribution in [0.3, 0.4) is 0 Å². The molecule has 1 aliphatic rings. The third-order valence-electron chi connectivity index (χ3n) is 5.47. The summed E-state index contributed by atoms with van der Waals surface area (Å²) in [5.41, 5.74) is 3.79. The molecular formula is C25H28N4O2. The summed E-state index contributed by atoms with van der Waals surface area (Å²) in [6, 6.07) is 17.9. The molecule has 1 aliphatic carbocycles. The number of anilines is 1. The third-order valence-corrected chi connectivity index (χ3v) is 5.47. The minimum atomic E-state index is -0.235. The highest BCUT2D eigenvalue weighted by Crippen LogP contribution is 2.30. The molecule has 1 aromatic heterocycles. The molecule has 4 rings (SSSR count). The Kier molecular flexibility index (Phi) is 6.16. The van der Waals surface area contributed by atoms with Gasteiger partial charge in [0.05, 0.1) is 12.2 Å². The fraction of sp³-hybridized carbons (Fsp3) is 0.320. The molecule has 0 radical (unpaired) electrons. The van der Waals surface area contributed by atoms with Crippen LogP contribution in [0.2, 0.25) is 0 Å². The van der Waals surface area contributed by atoms with Crippen molar-refractivity contribution in [2.24, 2.45) is 5.92 Å². The van der Waals surface area contributed by atoms with E-state index < -0.39 is 0 Å². The first-order valence-corrected chi connectivity index (χ1v) is 10.8. The lowest BCUT2D eigenvalue weighted by molar-refractivity contribution is -0.134. The monoisotopic (exact) mass is 416 g/mol. The van der Waals surface area contributed by atoms with Crippen LogP contribution in [-0.4, -0.2) is 39.4 Å². The number of nitrogens with zero attached hydrogens (tertiary/aromatic N) is 3. The highest BCUT2D eigenvalue weighted by molar-refractivity contribution is 5.93. The molecule has 1 fully saturated rings. The van der Waals surface area contributed by atoms with Crippen molar-refractivity contribution in [2.45, 2.75) is 33.1 Å². The van der Waals surface area contributed by atoms with Crippen molar-refractivity contribution in [2.75, 3.05) is 18.4 Å². The van der Waals surface area contributed by atoms with E-state index in [1.54, 1.807) is 4.90 Å². The Morgan fingerprint density at radius 3 is 2.58 bits per heavy atom. The lowest BCUT2D eigenvalue weighted by Gasteiger charge is -2.21. The van der Waals surface area contributed by atoms with Gasteiger partial charge in [0.15, 0.2) is 0 Å². The van der Waals surface area contributed by atoms with Crippen LogP contribution in [0.25, 0.3) is 16.9 Å². The summed E-state index contributed by atoms with van der Waals surface area (Å²) in [7, 11) is 0. The summed E-state index contributed by atoms with van der Waals surface area (Å²) in [4.78, 5) is 31.6. The molecule has 31 heavy (non-hydrogen) atoms. The molecule has 3 aromatic rings. The van der Waals surface area contributed by atoms with Crippen molar-refractivity contribution in [1.29, 1.82) is 0 Å². The Hall–Kier alpha value is -3.41. The summed E-state index contributed by atoms with van der Waals surface area (Å²) < 4.78 is 1.89. The van der Waals surface area contributed by atoms with Gasteiger partial charge in [-0.05, 0) is 43.4 Å². The molecule has 2 amide bonds. The molecule has 1 N–H and O–H groups in total. The molecule has 0 atom stereocenters. The van der Waals surface area contributed by atoms with Gasteiger partial charge in [0.25, 0.3) is 0 Å². The summed E-state index contributed by atoms with van der Waals surface area (Å²) in [6.45, 7) is 4.56. The van der Waals surface area contributed by atoms with Crippen LogP contribution < -0.4 is 5.32 Å². The standard InChI is InChI=1S/C25H28N4O2/c1-3-24(31)28(15-19-12-13-19)17-23(30)27-25-26-22(20-9-5-4-6-10-20)16-29(25)21-11-7-8-18(2)14-21/h4-11,14,16,19H,3,12-13,15,17H2,1-2H3,(H,26,27,30). The van der Waals surface area contributed by atoms with Crippen molar-refractivity contribution in [3.8, 4) is 16.9 Å². The maximum Gasteiger partial charge on any atom is 0.246 e. The van der Waals surface area contributed by atoms with Gasteiger partial charge in [0.1, 0.15) is 0 Å². The molecule has 160 valence electrons. The van der Waals surface area contributed by atoms with Crippen molar-refractivity contribution >= 4 is 17.8 Å². The van der Waals surface area contributed by atoms with Gasteiger partial charge in [-0.25, -0.2) is 4.98 Å². The number of amides is 2. The zero-order valence-electron chi connectivity index (χ0n) is 18.0. The number of carbonyl (C=O) groups excluding carboxylic acids is 2. The van der Waals surface area contributed by atoms with Crippen LogP contribution in [-0.2, 0) is 9.59 Å². The second-order valence-electron chi connectivity index (χ2n) is 8.14. The topological polar surface area (TPSA) is 67.2 Å². The number of rotatable bonds is 8. The number of aryl methyl sites for hydroxylation is 1. The van der Waals surface area contributed by atoms with E-state index in [0.29, 0.717) is 24.8 Å². The summed E-state index contributed by atoms with van der Waals surface area (Å²) >= 11 is 0. The average Bonchev–Trinajstić information content (AvgIpc) is 3.50. The second kappa shape index (κ2) is 9.16. The van der Waals surface area contributed by atoms with Gasteiger partial charge in [0, 0.05) is 30.4 Å². The van der Waals surface area contributed by atoms with E-state index in [4.69, 9.17) is 4.98 Å². The van der Waals surface area contributed by atoms with Crippen LogP contribution in [0.1, 0.15) is 31.7 Å². The molecule has 6 heteroatoms. The Morgan fingerprint density at radius 2 is 1.90 bits per heavy atom. The average molecular weight is 417 g/mol. The predicted molar refractivity (Wildman–Crippen MR) is 122 cm³/mol. The Balaban J connectivity index is 1.60. The van der Waals surface area contributed by atoms with Gasteiger partial charge in [-0.3, -0.25) is 19.5 Å². The Labute approximate surface area is 182 Å². The minimum absolute atomic E-state index is 0.00838. The van der Waals surface area contributed by atoms with Gasteiger partial charge in [-0.2, -0.15) is 0 Å². The molecule has 6 nitrogen and oxygen atoms in total. The van der Waals surface area contributed by atoms with Crippen LogP contribution in [0.15, 0.2) is 60.8 Å². The zero-order chi connectivity index (χ0) is 21.8. The molecule has 1 heterocycles. The van der Waals surface area contributed by atoms with Crippen LogP contribution in [0, 0.1) is 12.8 Å². The smallest absolute Gasteiger partial charge is 0.246 e. The van der Waals surface area contributed by atoms with E-state index in [1.807, 2.05) is 79.2 Å². The number of nitrogens with one attached hydrogen (secondary N) is 1. The minimum Gasteiger partial charge on any atom is -0.333 e. The lowest BCUT2D eigenvalue weighted by Crippen LogP contribution is -2.39. The number of carbonyl (C=O) groups is 2. The van der Waals surface area contributed by atoms with Crippen molar-refractivity contribution in [3.05, 3.63) is 66.4 Å². The number of imidazole rings is 1. The third kappa shape index (κ3) is 5.20. The summed E-state index contributed by atoms with van der Waals surface area (Å²) in [5.74, 6) is 0.752. The first kappa shape index (κ1) is 20.8. The second-order valence-corrected chi connectivity index (χ2v) is 8.14. The summed E-state index contributed by atoms with van der Waals surface area (Å²) in [6.07, 6.45) is 4.59. The highest BCUT2D eigenvalue weighted by Gasteiger charge is 2.27. The summed E-state index contributed by atoms with van der Waals surface area (Å²) in [5, 5.41) is 2.94. The van der Waals surface area contributed by atoms with Gasteiger partial charge in [-0.15, -0.1) is 0 Å². The lowest BCUT2D eigenvalue weighted by atomic mass is 10.2. The molecule has 0 saturated heterocycles. The fourth-order valence-electron chi connectivity index (χ4n) is 3.62. The Morgan fingerprint density at radius 1 is 1.13 bits per heavy atom. The maximum atomic E-state index is 12.9. The van der Waals surface area contributed by atoms with E-state index in [0.717, 1.165) is 35.3 Å². The van der Waals surface area contributed by atoms with E-state index in [-0.39, 0.29) is 18.4 Å². The van der Waals surface area contributed by atoms with Crippen LogP contribution >= 0.6 is 0 Å². The molecule has 2 aromatic carbocycles. The number of hydrogen-bond donors (Lipinski definition) is 1. The molecule has 0 unspecified atom stereocenters. The largest absolute Gasteiger partial charge is 0.333 e. The first-order chi connectivity index (χ1) is 15.0. The number of aromatic nitrogens is 2. The van der Waals surface area contributed by atoms with E-state index in [2.05, 4.69) is 5.32 Å². The van der Waals surface area contributed by atoms with E-state index in [1.165, 1.54) is 0 Å². The maximum absolute atomic E-state index is 12.9. The number of benzene rings is 2. The number of hydrogen-bond acceptors (Lipinski definition) is 3. The predicted octanol–water partition coefficient (Wildman–Crippen LogP) is 4.43.